The lowest BCUT2D eigenvalue weighted by molar-refractivity contribution is 0.182. The number of para-hydroxylation sites is 1. The second-order valence-electron chi connectivity index (χ2n) is 6.02. The van der Waals surface area contributed by atoms with Crippen molar-refractivity contribution in [2.24, 2.45) is 5.92 Å². The molecule has 1 fully saturated rings. The zero-order chi connectivity index (χ0) is 17.7. The van der Waals surface area contributed by atoms with E-state index in [-0.39, 0.29) is 17.7 Å². The summed E-state index contributed by atoms with van der Waals surface area (Å²) in [5, 5.41) is 2.89. The lowest BCUT2D eigenvalue weighted by Crippen LogP contribution is -2.44. The van der Waals surface area contributed by atoms with Crippen molar-refractivity contribution in [2.45, 2.75) is 19.8 Å². The number of nitrogens with zero attached hydrogens (tertiary/aromatic N) is 1. The van der Waals surface area contributed by atoms with Crippen LogP contribution in [0.4, 0.5) is 10.5 Å². The van der Waals surface area contributed by atoms with Gasteiger partial charge in [-0.15, -0.1) is 0 Å². The molecule has 1 aromatic rings. The number of sulfonamides is 1. The van der Waals surface area contributed by atoms with Gasteiger partial charge in [0.15, 0.2) is 0 Å². The Morgan fingerprint density at radius 2 is 2.17 bits per heavy atom. The van der Waals surface area contributed by atoms with Crippen molar-refractivity contribution in [3.63, 3.8) is 0 Å². The highest BCUT2D eigenvalue weighted by molar-refractivity contribution is 7.89. The maximum absolute atomic E-state index is 12.6. The molecule has 0 spiro atoms. The van der Waals surface area contributed by atoms with Crippen LogP contribution in [0.15, 0.2) is 18.2 Å². The quantitative estimate of drug-likeness (QED) is 0.843. The molecule has 0 saturated carbocycles. The highest BCUT2D eigenvalue weighted by atomic mass is 32.2. The van der Waals surface area contributed by atoms with Crippen molar-refractivity contribution >= 4 is 21.7 Å². The minimum absolute atomic E-state index is 0.0426. The van der Waals surface area contributed by atoms with Gasteiger partial charge < -0.3 is 15.0 Å². The van der Waals surface area contributed by atoms with Crippen molar-refractivity contribution in [3.05, 3.63) is 23.8 Å². The number of ether oxygens (including phenoxy) is 1. The van der Waals surface area contributed by atoms with Crippen molar-refractivity contribution in [2.75, 3.05) is 38.3 Å². The third-order valence-electron chi connectivity index (χ3n) is 4.26. The first-order valence-corrected chi connectivity index (χ1v) is 9.62. The summed E-state index contributed by atoms with van der Waals surface area (Å²) in [5.74, 6) is 0.594. The number of piperidine rings is 1. The van der Waals surface area contributed by atoms with Gasteiger partial charge in [0, 0.05) is 13.1 Å². The van der Waals surface area contributed by atoms with Crippen LogP contribution in [0, 0.1) is 12.8 Å². The average Bonchev–Trinajstić information content (AvgIpc) is 2.56. The van der Waals surface area contributed by atoms with Gasteiger partial charge in [-0.3, -0.25) is 0 Å². The predicted octanol–water partition coefficient (Wildman–Crippen LogP) is 1.80. The molecule has 1 aromatic carbocycles. The minimum Gasteiger partial charge on any atom is -0.495 e. The Labute approximate surface area is 143 Å². The molecule has 2 N–H and O–H groups in total. The van der Waals surface area contributed by atoms with Crippen molar-refractivity contribution < 1.29 is 17.9 Å². The van der Waals surface area contributed by atoms with Crippen LogP contribution in [-0.2, 0) is 10.0 Å². The Bertz CT molecular complexity index is 691. The van der Waals surface area contributed by atoms with Gasteiger partial charge in [0.1, 0.15) is 5.75 Å². The van der Waals surface area contributed by atoms with Crippen LogP contribution in [0.25, 0.3) is 0 Å². The number of urea groups is 1. The maximum Gasteiger partial charge on any atom is 0.321 e. The van der Waals surface area contributed by atoms with Crippen LogP contribution in [-0.4, -0.2) is 52.3 Å². The monoisotopic (exact) mass is 355 g/mol. The summed E-state index contributed by atoms with van der Waals surface area (Å²) in [6.45, 7) is 2.95. The van der Waals surface area contributed by atoms with E-state index in [4.69, 9.17) is 4.74 Å². The van der Waals surface area contributed by atoms with Crippen LogP contribution in [0.3, 0.4) is 0 Å². The van der Waals surface area contributed by atoms with Crippen LogP contribution in [0.1, 0.15) is 18.4 Å². The summed E-state index contributed by atoms with van der Waals surface area (Å²) in [4.78, 5) is 14.2. The van der Waals surface area contributed by atoms with E-state index >= 15 is 0 Å². The lowest BCUT2D eigenvalue weighted by Gasteiger charge is -2.32. The van der Waals surface area contributed by atoms with E-state index in [1.165, 1.54) is 7.05 Å². The molecule has 7 nitrogen and oxygen atoms in total. The molecule has 1 unspecified atom stereocenters. The summed E-state index contributed by atoms with van der Waals surface area (Å²) in [6, 6.07) is 5.33. The Kier molecular flexibility index (Phi) is 6.06. The number of rotatable bonds is 5. The summed E-state index contributed by atoms with van der Waals surface area (Å²) in [6.07, 6.45) is 1.60. The average molecular weight is 355 g/mol. The Morgan fingerprint density at radius 3 is 2.83 bits per heavy atom. The van der Waals surface area contributed by atoms with Crippen LogP contribution >= 0.6 is 0 Å². The third-order valence-corrected chi connectivity index (χ3v) is 5.79. The minimum atomic E-state index is -3.27. The Hall–Kier alpha value is -1.80. The first kappa shape index (κ1) is 18.5. The number of anilines is 1. The molecular formula is C16H25N3O4S. The van der Waals surface area contributed by atoms with Crippen LogP contribution in [0.5, 0.6) is 5.75 Å². The molecule has 8 heteroatoms. The highest BCUT2D eigenvalue weighted by Crippen LogP contribution is 2.28. The second-order valence-corrected chi connectivity index (χ2v) is 7.99. The number of benzene rings is 1. The molecular weight excluding hydrogens is 330 g/mol. The van der Waals surface area contributed by atoms with Gasteiger partial charge in [0.25, 0.3) is 0 Å². The maximum atomic E-state index is 12.6. The molecule has 0 radical (unpaired) electrons. The largest absolute Gasteiger partial charge is 0.495 e. The molecule has 0 aromatic heterocycles. The van der Waals surface area contributed by atoms with Crippen LogP contribution < -0.4 is 14.8 Å². The SMILES string of the molecule is CNS(=O)(=O)CC1CCCN(C(=O)Nc2c(C)cccc2OC)C1. The molecule has 2 amide bonds. The number of hydrogen-bond donors (Lipinski definition) is 2. The van der Waals surface area contributed by atoms with E-state index in [0.29, 0.717) is 24.5 Å². The summed E-state index contributed by atoms with van der Waals surface area (Å²) >= 11 is 0. The van der Waals surface area contributed by atoms with Crippen molar-refractivity contribution in [3.8, 4) is 5.75 Å². The fourth-order valence-corrected chi connectivity index (χ4v) is 4.00. The van der Waals surface area contributed by atoms with Crippen LogP contribution in [0.2, 0.25) is 0 Å². The third kappa shape index (κ3) is 4.61. The number of likely N-dealkylation sites (tertiary alicyclic amines) is 1. The molecule has 24 heavy (non-hydrogen) atoms. The molecule has 0 bridgehead atoms. The summed E-state index contributed by atoms with van der Waals surface area (Å²) in [5.41, 5.74) is 1.56. The number of carbonyl (C=O) groups excluding carboxylic acids is 1. The molecule has 1 saturated heterocycles. The molecule has 1 heterocycles. The van der Waals surface area contributed by atoms with Gasteiger partial charge in [-0.05, 0) is 44.4 Å². The van der Waals surface area contributed by atoms with Gasteiger partial charge in [-0.2, -0.15) is 0 Å². The lowest BCUT2D eigenvalue weighted by atomic mass is 10.0. The Morgan fingerprint density at radius 1 is 1.42 bits per heavy atom. The second kappa shape index (κ2) is 7.85. The van der Waals surface area contributed by atoms with E-state index in [2.05, 4.69) is 10.0 Å². The molecule has 1 aliphatic rings. The smallest absolute Gasteiger partial charge is 0.321 e. The van der Waals surface area contributed by atoms with Gasteiger partial charge >= 0.3 is 6.03 Å². The van der Waals surface area contributed by atoms with E-state index in [1.54, 1.807) is 18.1 Å². The molecule has 2 rings (SSSR count). The molecule has 0 aliphatic carbocycles. The number of amides is 2. The first-order chi connectivity index (χ1) is 11.4. The fourth-order valence-electron chi connectivity index (χ4n) is 2.94. The van der Waals surface area contributed by atoms with E-state index in [1.807, 2.05) is 19.1 Å². The van der Waals surface area contributed by atoms with Gasteiger partial charge in [0.2, 0.25) is 10.0 Å². The number of aryl methyl sites for hydroxylation is 1. The van der Waals surface area contributed by atoms with E-state index in [0.717, 1.165) is 18.4 Å². The molecule has 1 atom stereocenters. The number of hydrogen-bond acceptors (Lipinski definition) is 4. The zero-order valence-corrected chi connectivity index (χ0v) is 15.1. The summed E-state index contributed by atoms with van der Waals surface area (Å²) < 4.78 is 31.1. The van der Waals surface area contributed by atoms with Gasteiger partial charge in [0.05, 0.1) is 18.6 Å². The highest BCUT2D eigenvalue weighted by Gasteiger charge is 2.27. The Balaban J connectivity index is 2.05. The topological polar surface area (TPSA) is 87.7 Å². The molecule has 134 valence electrons. The summed E-state index contributed by atoms with van der Waals surface area (Å²) in [7, 11) is -0.304. The predicted molar refractivity (Wildman–Crippen MR) is 93.9 cm³/mol. The normalized spacial score (nSPS) is 18.3. The van der Waals surface area contributed by atoms with E-state index < -0.39 is 10.0 Å². The van der Waals surface area contributed by atoms with Crippen molar-refractivity contribution in [1.82, 2.24) is 9.62 Å². The van der Waals surface area contributed by atoms with Gasteiger partial charge in [-0.25, -0.2) is 17.9 Å². The van der Waals surface area contributed by atoms with Gasteiger partial charge in [-0.1, -0.05) is 12.1 Å². The van der Waals surface area contributed by atoms with E-state index in [9.17, 15) is 13.2 Å². The van der Waals surface area contributed by atoms with Crippen molar-refractivity contribution in [1.29, 1.82) is 0 Å². The number of methoxy groups -OCH3 is 1. The molecule has 1 aliphatic heterocycles. The standard InChI is InChI=1S/C16H25N3O4S/c1-12-6-4-8-14(23-3)15(12)18-16(20)19-9-5-7-13(10-19)11-24(21,22)17-2/h4,6,8,13,17H,5,7,9-11H2,1-3H3,(H,18,20). The zero-order valence-electron chi connectivity index (χ0n) is 14.3. The first-order valence-electron chi connectivity index (χ1n) is 7.97. The number of carbonyl (C=O) groups is 1. The number of nitrogens with one attached hydrogen (secondary N) is 2. The fraction of sp³-hybridized carbons (Fsp3) is 0.562.